The Balaban J connectivity index is 1.34. The van der Waals surface area contributed by atoms with E-state index >= 15 is 0 Å². The number of fused-ring (bicyclic) bond motifs is 1. The number of carbonyl (C=O) groups excluding carboxylic acids is 1. The minimum Gasteiger partial charge on any atom is -0.472 e. The summed E-state index contributed by atoms with van der Waals surface area (Å²) in [5.41, 5.74) is 0.865. The van der Waals surface area contributed by atoms with E-state index in [-0.39, 0.29) is 29.1 Å². The van der Waals surface area contributed by atoms with Gasteiger partial charge in [-0.05, 0) is 37.7 Å². The van der Waals surface area contributed by atoms with Gasteiger partial charge in [-0.3, -0.25) is 15.0 Å². The van der Waals surface area contributed by atoms with Gasteiger partial charge < -0.3 is 14.3 Å². The first-order valence-electron chi connectivity index (χ1n) is 13.0. The summed E-state index contributed by atoms with van der Waals surface area (Å²) in [4.78, 5) is 38.9. The zero-order valence-corrected chi connectivity index (χ0v) is 24.6. The molecule has 1 amide bonds. The number of benzene rings is 1. The first kappa shape index (κ1) is 29.4. The van der Waals surface area contributed by atoms with E-state index in [0.29, 0.717) is 45.8 Å². The quantitative estimate of drug-likeness (QED) is 0.135. The summed E-state index contributed by atoms with van der Waals surface area (Å²) in [6, 6.07) is 11.1. The number of likely N-dealkylation sites (tertiary alicyclic amines) is 1. The predicted molar refractivity (Wildman–Crippen MR) is 156 cm³/mol. The summed E-state index contributed by atoms with van der Waals surface area (Å²) in [5, 5.41) is 7.11. The minimum atomic E-state index is -3.52. The molecule has 4 aromatic rings. The van der Waals surface area contributed by atoms with Crippen LogP contribution in [0.25, 0.3) is 10.3 Å². The SMILES string of the molecule is COCCCS(=O)(=O)c1ccc(/C(=N\OCc2ncccn2)C(=O)Nc2nc3ccc(OC4CN(C)C4)nc3s2)cc1. The van der Waals surface area contributed by atoms with Crippen molar-refractivity contribution in [2.24, 2.45) is 5.16 Å². The predicted octanol–water partition coefficient (Wildman–Crippen LogP) is 2.54. The lowest BCUT2D eigenvalue weighted by Crippen LogP contribution is -2.51. The van der Waals surface area contributed by atoms with Gasteiger partial charge in [0.25, 0.3) is 5.91 Å². The number of likely N-dealkylation sites (N-methyl/N-ethyl adjacent to an activating group) is 1. The van der Waals surface area contributed by atoms with Crippen molar-refractivity contribution in [3.05, 3.63) is 66.2 Å². The highest BCUT2D eigenvalue weighted by atomic mass is 32.2. The molecule has 220 valence electrons. The lowest BCUT2D eigenvalue weighted by atomic mass is 10.1. The number of sulfone groups is 1. The maximum absolute atomic E-state index is 13.4. The molecular weight excluding hydrogens is 582 g/mol. The molecule has 0 radical (unpaired) electrons. The van der Waals surface area contributed by atoms with Crippen molar-refractivity contribution in [3.63, 3.8) is 0 Å². The Hall–Kier alpha value is -4.05. The molecular formula is C27H29N7O6S2. The van der Waals surface area contributed by atoms with Crippen molar-refractivity contribution in [2.75, 3.05) is 44.9 Å². The second kappa shape index (κ2) is 13.3. The third-order valence-electron chi connectivity index (χ3n) is 6.20. The van der Waals surface area contributed by atoms with E-state index in [1.165, 1.54) is 42.7 Å². The topological polar surface area (TPSA) is 158 Å². The number of ether oxygens (including phenoxy) is 2. The van der Waals surface area contributed by atoms with E-state index < -0.39 is 15.7 Å². The summed E-state index contributed by atoms with van der Waals surface area (Å²) in [6.45, 7) is 1.94. The number of oxime groups is 1. The number of methoxy groups -OCH3 is 1. The van der Waals surface area contributed by atoms with Gasteiger partial charge in [-0.15, -0.1) is 0 Å². The van der Waals surface area contributed by atoms with E-state index in [9.17, 15) is 13.2 Å². The van der Waals surface area contributed by atoms with Crippen LogP contribution < -0.4 is 10.1 Å². The Bertz CT molecular complexity index is 1660. The molecule has 1 aliphatic rings. The molecule has 1 aliphatic heterocycles. The van der Waals surface area contributed by atoms with Crippen molar-refractivity contribution in [1.82, 2.24) is 24.8 Å². The number of thiazole rings is 1. The van der Waals surface area contributed by atoms with Crippen molar-refractivity contribution >= 4 is 48.3 Å². The van der Waals surface area contributed by atoms with Crippen LogP contribution in [0, 0.1) is 0 Å². The van der Waals surface area contributed by atoms with E-state index in [2.05, 4.69) is 35.3 Å². The lowest BCUT2D eigenvalue weighted by Gasteiger charge is -2.35. The fourth-order valence-electron chi connectivity index (χ4n) is 4.08. The van der Waals surface area contributed by atoms with Gasteiger partial charge in [-0.25, -0.2) is 28.4 Å². The standard InChI is InChI=1S/C27H29N7O6S2/c1-34-15-19(16-34)40-23-10-9-21-26(31-23)41-27(30-21)32-25(35)24(33-39-17-22-28-11-3-12-29-22)18-5-7-20(8-6-18)42(36,37)14-4-13-38-2/h3,5-12,19H,4,13-17H2,1-2H3,(H,30,32,35)/b33-24+. The van der Waals surface area contributed by atoms with Crippen LogP contribution in [0.15, 0.2) is 64.9 Å². The average Bonchev–Trinajstić information content (AvgIpc) is 3.36. The second-order valence-corrected chi connectivity index (χ2v) is 12.6. The maximum Gasteiger partial charge on any atom is 0.280 e. The molecule has 0 saturated carbocycles. The molecule has 1 N–H and O–H groups in total. The molecule has 13 nitrogen and oxygen atoms in total. The molecule has 0 aliphatic carbocycles. The molecule has 42 heavy (non-hydrogen) atoms. The van der Waals surface area contributed by atoms with Gasteiger partial charge in [0.15, 0.2) is 33.1 Å². The number of hydrogen-bond donors (Lipinski definition) is 1. The summed E-state index contributed by atoms with van der Waals surface area (Å²) in [6.07, 6.45) is 3.60. The Morgan fingerprint density at radius 3 is 2.60 bits per heavy atom. The number of carbonyl (C=O) groups is 1. The Labute approximate surface area is 246 Å². The van der Waals surface area contributed by atoms with Crippen LogP contribution in [-0.4, -0.2) is 90.6 Å². The third kappa shape index (κ3) is 7.42. The monoisotopic (exact) mass is 611 g/mol. The molecule has 1 aromatic carbocycles. The molecule has 3 aromatic heterocycles. The van der Waals surface area contributed by atoms with Crippen molar-refractivity contribution in [2.45, 2.75) is 24.0 Å². The van der Waals surface area contributed by atoms with Crippen LogP contribution in [0.3, 0.4) is 0 Å². The van der Waals surface area contributed by atoms with Gasteiger partial charge in [0.05, 0.1) is 10.6 Å². The van der Waals surface area contributed by atoms with Crippen LogP contribution >= 0.6 is 11.3 Å². The fourth-order valence-corrected chi connectivity index (χ4v) is 6.19. The number of hydrogen-bond acceptors (Lipinski definition) is 13. The minimum absolute atomic E-state index is 0.0576. The lowest BCUT2D eigenvalue weighted by molar-refractivity contribution is -0.110. The van der Waals surface area contributed by atoms with Gasteiger partial charge in [-0.2, -0.15) is 0 Å². The third-order valence-corrected chi connectivity index (χ3v) is 8.90. The summed E-state index contributed by atoms with van der Waals surface area (Å²) >= 11 is 1.19. The van der Waals surface area contributed by atoms with E-state index in [4.69, 9.17) is 14.3 Å². The van der Waals surface area contributed by atoms with Crippen LogP contribution in [0.4, 0.5) is 5.13 Å². The van der Waals surface area contributed by atoms with Gasteiger partial charge >= 0.3 is 0 Å². The van der Waals surface area contributed by atoms with Gasteiger partial charge in [0, 0.05) is 50.8 Å². The summed E-state index contributed by atoms with van der Waals surface area (Å²) in [7, 11) is 0.0203. The maximum atomic E-state index is 13.4. The van der Waals surface area contributed by atoms with E-state index in [0.717, 1.165) is 13.1 Å². The highest BCUT2D eigenvalue weighted by Crippen LogP contribution is 2.27. The molecule has 4 heterocycles. The zero-order valence-electron chi connectivity index (χ0n) is 23.0. The Kier molecular flexibility index (Phi) is 9.31. The van der Waals surface area contributed by atoms with Crippen LogP contribution in [0.2, 0.25) is 0 Å². The average molecular weight is 612 g/mol. The highest BCUT2D eigenvalue weighted by Gasteiger charge is 2.25. The summed E-state index contributed by atoms with van der Waals surface area (Å²) < 4.78 is 36.2. The summed E-state index contributed by atoms with van der Waals surface area (Å²) in [5.74, 6) is 0.214. The number of rotatable bonds is 13. The van der Waals surface area contributed by atoms with Crippen molar-refractivity contribution in [1.29, 1.82) is 0 Å². The van der Waals surface area contributed by atoms with Gasteiger partial charge in [-0.1, -0.05) is 28.6 Å². The molecule has 5 rings (SSSR count). The number of aromatic nitrogens is 4. The van der Waals surface area contributed by atoms with Gasteiger partial charge in [0.1, 0.15) is 16.5 Å². The Morgan fingerprint density at radius 2 is 1.88 bits per heavy atom. The van der Waals surface area contributed by atoms with Crippen molar-refractivity contribution in [3.8, 4) is 5.88 Å². The van der Waals surface area contributed by atoms with Crippen molar-refractivity contribution < 1.29 is 27.5 Å². The Morgan fingerprint density at radius 1 is 1.12 bits per heavy atom. The van der Waals surface area contributed by atoms with Crippen LogP contribution in [0.5, 0.6) is 5.88 Å². The van der Waals surface area contributed by atoms with Crippen LogP contribution in [0.1, 0.15) is 17.8 Å². The molecule has 1 fully saturated rings. The fraction of sp³-hybridized carbons (Fsp3) is 0.333. The molecule has 0 bridgehead atoms. The number of amides is 1. The molecule has 0 spiro atoms. The number of nitrogens with one attached hydrogen (secondary N) is 1. The first-order valence-corrected chi connectivity index (χ1v) is 15.5. The highest BCUT2D eigenvalue weighted by molar-refractivity contribution is 7.91. The zero-order chi connectivity index (χ0) is 29.5. The normalized spacial score (nSPS) is 14.5. The molecule has 0 atom stereocenters. The first-order chi connectivity index (χ1) is 20.3. The van der Waals surface area contributed by atoms with E-state index in [1.807, 2.05) is 7.05 Å². The molecule has 15 heteroatoms. The molecule has 0 unspecified atom stereocenters. The van der Waals surface area contributed by atoms with E-state index in [1.54, 1.807) is 30.6 Å². The number of pyridine rings is 1. The smallest absolute Gasteiger partial charge is 0.280 e. The number of nitrogens with zero attached hydrogens (tertiary/aromatic N) is 6. The second-order valence-electron chi connectivity index (χ2n) is 9.48. The van der Waals surface area contributed by atoms with Crippen LogP contribution in [-0.2, 0) is 30.8 Å². The number of anilines is 1. The molecule has 1 saturated heterocycles. The van der Waals surface area contributed by atoms with Gasteiger partial charge in [0.2, 0.25) is 5.88 Å². The largest absolute Gasteiger partial charge is 0.472 e.